The number of allylic oxidation sites excluding steroid dienone is 7. The second-order valence-corrected chi connectivity index (χ2v) is 13.3. The molecule has 0 spiro atoms. The molecule has 0 aliphatic carbocycles. The minimum atomic E-state index is -4.80. The summed E-state index contributed by atoms with van der Waals surface area (Å²) >= 11 is 0. The molecule has 3 N–H and O–H groups in total. The summed E-state index contributed by atoms with van der Waals surface area (Å²) in [5.74, 6) is -1.09. The number of carbonyl (C=O) groups is 2. The van der Waals surface area contributed by atoms with Crippen molar-refractivity contribution in [3.05, 3.63) is 48.6 Å². The summed E-state index contributed by atoms with van der Waals surface area (Å²) in [6.45, 7) is 3.46. The number of ether oxygens (including phenoxy) is 2. The number of hydrogen-bond acceptors (Lipinski definition) is 7. The van der Waals surface area contributed by atoms with Crippen LogP contribution in [0.5, 0.6) is 0 Å². The number of unbranched alkanes of at least 4 members (excludes halogenated alkanes) is 13. The second-order valence-electron chi connectivity index (χ2n) is 12.0. The summed E-state index contributed by atoms with van der Waals surface area (Å²) in [7, 11) is -4.80. The van der Waals surface area contributed by atoms with Crippen LogP contribution in [0, 0.1) is 0 Å². The first-order valence-corrected chi connectivity index (χ1v) is 19.6. The van der Waals surface area contributed by atoms with Gasteiger partial charge in [0.15, 0.2) is 6.10 Å². The zero-order valence-corrected chi connectivity index (χ0v) is 30.2. The standard InChI is InChI=1S/C37H65O9P/c1-3-5-7-9-11-13-15-16-18-19-21-23-25-28-34(38)29-27-31-37(40)46-35(33-45-47(41,42)43)32-44-36(39)30-26-24-22-20-17-14-12-10-8-6-4-2/h11,13,16,18,21,23,25,28,34-35,38H,3-10,12,14-15,17,19-20,22,24,26-27,29-33H2,1-2H3,(H2,41,42,43)/b13-11-,18-16-,23-21-,28-25+/t34-,35+/m0/s1. The number of phosphoric acid groups is 1. The predicted molar refractivity (Wildman–Crippen MR) is 190 cm³/mol. The molecule has 0 aromatic heterocycles. The van der Waals surface area contributed by atoms with Crippen molar-refractivity contribution in [1.29, 1.82) is 0 Å². The van der Waals surface area contributed by atoms with Gasteiger partial charge in [0.05, 0.1) is 12.7 Å². The molecule has 10 heteroatoms. The zero-order valence-electron chi connectivity index (χ0n) is 29.3. The minimum Gasteiger partial charge on any atom is -0.462 e. The van der Waals surface area contributed by atoms with Crippen LogP contribution in [0.2, 0.25) is 0 Å². The van der Waals surface area contributed by atoms with Crippen molar-refractivity contribution in [3.8, 4) is 0 Å². The van der Waals surface area contributed by atoms with Gasteiger partial charge in [-0.05, 0) is 44.9 Å². The van der Waals surface area contributed by atoms with Gasteiger partial charge in [-0.15, -0.1) is 0 Å². The Hall–Kier alpha value is -2.03. The van der Waals surface area contributed by atoms with E-state index in [1.165, 1.54) is 64.2 Å². The lowest BCUT2D eigenvalue weighted by molar-refractivity contribution is -0.161. The van der Waals surface area contributed by atoms with Crippen molar-refractivity contribution in [2.24, 2.45) is 0 Å². The molecule has 0 unspecified atom stereocenters. The first kappa shape index (κ1) is 45.0. The van der Waals surface area contributed by atoms with Crippen molar-refractivity contribution in [2.75, 3.05) is 13.2 Å². The highest BCUT2D eigenvalue weighted by atomic mass is 31.2. The Morgan fingerprint density at radius 1 is 0.660 bits per heavy atom. The molecule has 272 valence electrons. The maximum absolute atomic E-state index is 12.3. The van der Waals surface area contributed by atoms with E-state index in [1.54, 1.807) is 12.2 Å². The second kappa shape index (κ2) is 32.5. The maximum Gasteiger partial charge on any atom is 0.469 e. The number of carbonyl (C=O) groups excluding carboxylic acids is 2. The first-order valence-electron chi connectivity index (χ1n) is 18.0. The highest BCUT2D eigenvalue weighted by Crippen LogP contribution is 2.36. The minimum absolute atomic E-state index is 0.0162. The van der Waals surface area contributed by atoms with Crippen LogP contribution in [-0.4, -0.2) is 52.3 Å². The van der Waals surface area contributed by atoms with E-state index in [-0.39, 0.29) is 19.4 Å². The lowest BCUT2D eigenvalue weighted by Gasteiger charge is -2.18. The molecule has 0 radical (unpaired) electrons. The van der Waals surface area contributed by atoms with Gasteiger partial charge in [0.25, 0.3) is 0 Å². The quantitative estimate of drug-likeness (QED) is 0.0208. The SMILES string of the molecule is CCCCC/C=C\C/C=C\C/C=C\C=C\[C@H](O)CCCC(=O)O[C@H](COC(=O)CCCCCCCCCCCCC)COP(=O)(O)O. The largest absolute Gasteiger partial charge is 0.469 e. The average Bonchev–Trinajstić information content (AvgIpc) is 3.03. The molecule has 0 heterocycles. The van der Waals surface area contributed by atoms with Crippen LogP contribution in [-0.2, 0) is 28.2 Å². The summed E-state index contributed by atoms with van der Waals surface area (Å²) in [6, 6.07) is 0. The van der Waals surface area contributed by atoms with Gasteiger partial charge in [0, 0.05) is 12.8 Å². The van der Waals surface area contributed by atoms with Crippen molar-refractivity contribution in [2.45, 2.75) is 161 Å². The molecular formula is C37H65O9P. The third kappa shape index (κ3) is 35.1. The Kier molecular flexibility index (Phi) is 31.1. The van der Waals surface area contributed by atoms with E-state index in [0.717, 1.165) is 38.5 Å². The van der Waals surface area contributed by atoms with Crippen molar-refractivity contribution in [3.63, 3.8) is 0 Å². The molecule has 0 bridgehead atoms. The van der Waals surface area contributed by atoms with E-state index in [0.29, 0.717) is 19.3 Å². The predicted octanol–water partition coefficient (Wildman–Crippen LogP) is 9.37. The molecule has 47 heavy (non-hydrogen) atoms. The van der Waals surface area contributed by atoms with Gasteiger partial charge < -0.3 is 24.4 Å². The van der Waals surface area contributed by atoms with Gasteiger partial charge in [-0.3, -0.25) is 14.1 Å². The zero-order chi connectivity index (χ0) is 34.9. The average molecular weight is 685 g/mol. The maximum atomic E-state index is 12.3. The monoisotopic (exact) mass is 684 g/mol. The van der Waals surface area contributed by atoms with Crippen LogP contribution in [0.25, 0.3) is 0 Å². The Bertz CT molecular complexity index is 923. The van der Waals surface area contributed by atoms with Crippen molar-refractivity contribution < 1.29 is 43.0 Å². The molecule has 9 nitrogen and oxygen atoms in total. The highest BCUT2D eigenvalue weighted by Gasteiger charge is 2.23. The van der Waals surface area contributed by atoms with E-state index in [2.05, 4.69) is 42.7 Å². The fourth-order valence-corrected chi connectivity index (χ4v) is 5.07. The Morgan fingerprint density at radius 2 is 1.21 bits per heavy atom. The Labute approximate surface area is 285 Å². The topological polar surface area (TPSA) is 140 Å². The molecule has 0 aromatic rings. The summed E-state index contributed by atoms with van der Waals surface area (Å²) in [4.78, 5) is 42.6. The summed E-state index contributed by atoms with van der Waals surface area (Å²) in [6.07, 6.45) is 34.4. The van der Waals surface area contributed by atoms with Gasteiger partial charge in [0.2, 0.25) is 0 Å². The van der Waals surface area contributed by atoms with E-state index in [1.807, 2.05) is 12.2 Å². The molecule has 2 atom stereocenters. The summed E-state index contributed by atoms with van der Waals surface area (Å²) in [5.41, 5.74) is 0. The van der Waals surface area contributed by atoms with Crippen LogP contribution < -0.4 is 0 Å². The third-order valence-corrected chi connectivity index (χ3v) is 7.94. The van der Waals surface area contributed by atoms with E-state index in [9.17, 15) is 19.3 Å². The van der Waals surface area contributed by atoms with Gasteiger partial charge >= 0.3 is 19.8 Å². The van der Waals surface area contributed by atoms with E-state index < -0.39 is 38.6 Å². The van der Waals surface area contributed by atoms with E-state index >= 15 is 0 Å². The van der Waals surface area contributed by atoms with Gasteiger partial charge in [-0.25, -0.2) is 4.57 Å². The van der Waals surface area contributed by atoms with Crippen LogP contribution in [0.1, 0.15) is 149 Å². The van der Waals surface area contributed by atoms with Crippen LogP contribution in [0.3, 0.4) is 0 Å². The molecule has 0 aliphatic heterocycles. The molecule has 0 aliphatic rings. The normalized spacial score (nSPS) is 13.7. The smallest absolute Gasteiger partial charge is 0.462 e. The Balaban J connectivity index is 4.23. The number of phosphoric ester groups is 1. The summed E-state index contributed by atoms with van der Waals surface area (Å²) < 4.78 is 26.1. The molecule has 0 saturated carbocycles. The van der Waals surface area contributed by atoms with Crippen molar-refractivity contribution >= 4 is 19.8 Å². The van der Waals surface area contributed by atoms with Crippen LogP contribution in [0.4, 0.5) is 0 Å². The highest BCUT2D eigenvalue weighted by molar-refractivity contribution is 7.46. The molecular weight excluding hydrogens is 619 g/mol. The van der Waals surface area contributed by atoms with Gasteiger partial charge in [-0.1, -0.05) is 140 Å². The van der Waals surface area contributed by atoms with Crippen LogP contribution in [0.15, 0.2) is 48.6 Å². The van der Waals surface area contributed by atoms with Crippen molar-refractivity contribution in [1.82, 2.24) is 0 Å². The molecule has 0 aromatic carbocycles. The number of rotatable bonds is 32. The number of esters is 2. The number of aliphatic hydroxyl groups excluding tert-OH is 1. The lowest BCUT2D eigenvalue weighted by atomic mass is 10.1. The van der Waals surface area contributed by atoms with Crippen LogP contribution >= 0.6 is 7.82 Å². The van der Waals surface area contributed by atoms with Gasteiger partial charge in [-0.2, -0.15) is 0 Å². The molecule has 0 saturated heterocycles. The fourth-order valence-electron chi connectivity index (χ4n) is 4.71. The van der Waals surface area contributed by atoms with Gasteiger partial charge in [0.1, 0.15) is 6.61 Å². The molecule has 0 rings (SSSR count). The number of aliphatic hydroxyl groups is 1. The molecule has 0 amide bonds. The Morgan fingerprint density at radius 3 is 1.85 bits per heavy atom. The fraction of sp³-hybridized carbons (Fsp3) is 0.730. The third-order valence-electron chi connectivity index (χ3n) is 7.45. The van der Waals surface area contributed by atoms with E-state index in [4.69, 9.17) is 19.3 Å². The lowest BCUT2D eigenvalue weighted by Crippen LogP contribution is -2.29. The summed E-state index contributed by atoms with van der Waals surface area (Å²) in [5, 5.41) is 10.2. The number of hydrogen-bond donors (Lipinski definition) is 3. The first-order chi connectivity index (χ1) is 22.7. The molecule has 0 fully saturated rings.